The Morgan fingerprint density at radius 1 is 0.952 bits per heavy atom. The molecule has 0 spiro atoms. The zero-order valence-corrected chi connectivity index (χ0v) is 12.9. The minimum absolute atomic E-state index is 0.0166. The lowest BCUT2D eigenvalue weighted by atomic mass is 10.2. The lowest BCUT2D eigenvalue weighted by molar-refractivity contribution is -0.0803. The van der Waals surface area contributed by atoms with Gasteiger partial charge in [-0.15, -0.1) is 0 Å². The second kappa shape index (κ2) is 9.73. The SMILES string of the molecule is CC(CO)OCC(C)OCC(O)C(C)Oc1ccccc1. The monoisotopic (exact) mass is 298 g/mol. The molecule has 0 saturated carbocycles. The largest absolute Gasteiger partial charge is 0.488 e. The Kier molecular flexibility index (Phi) is 8.30. The van der Waals surface area contributed by atoms with Gasteiger partial charge in [0.2, 0.25) is 0 Å². The second-order valence-corrected chi connectivity index (χ2v) is 5.17. The molecule has 0 fully saturated rings. The maximum atomic E-state index is 10.0. The van der Waals surface area contributed by atoms with Gasteiger partial charge in [-0.2, -0.15) is 0 Å². The Labute approximate surface area is 126 Å². The van der Waals surface area contributed by atoms with Gasteiger partial charge in [0.25, 0.3) is 0 Å². The van der Waals surface area contributed by atoms with E-state index in [0.717, 1.165) is 5.75 Å². The fraction of sp³-hybridized carbons (Fsp3) is 0.625. The van der Waals surface area contributed by atoms with E-state index in [9.17, 15) is 5.11 Å². The summed E-state index contributed by atoms with van der Waals surface area (Å²) in [5.74, 6) is 0.720. The van der Waals surface area contributed by atoms with Crippen LogP contribution in [0.15, 0.2) is 30.3 Å². The Morgan fingerprint density at radius 2 is 1.57 bits per heavy atom. The van der Waals surface area contributed by atoms with Crippen molar-refractivity contribution in [2.45, 2.75) is 45.2 Å². The number of benzene rings is 1. The van der Waals surface area contributed by atoms with Crippen molar-refractivity contribution in [3.05, 3.63) is 30.3 Å². The molecule has 5 heteroatoms. The molecule has 21 heavy (non-hydrogen) atoms. The van der Waals surface area contributed by atoms with E-state index >= 15 is 0 Å². The third-order valence-corrected chi connectivity index (χ3v) is 3.03. The van der Waals surface area contributed by atoms with Gasteiger partial charge in [0.05, 0.1) is 32.0 Å². The van der Waals surface area contributed by atoms with Gasteiger partial charge < -0.3 is 24.4 Å². The quantitative estimate of drug-likeness (QED) is 0.687. The van der Waals surface area contributed by atoms with Crippen LogP contribution in [0.1, 0.15) is 20.8 Å². The van der Waals surface area contributed by atoms with E-state index in [4.69, 9.17) is 19.3 Å². The average Bonchev–Trinajstić information content (AvgIpc) is 2.50. The Hall–Kier alpha value is -1.14. The van der Waals surface area contributed by atoms with Crippen molar-refractivity contribution in [1.29, 1.82) is 0 Å². The Morgan fingerprint density at radius 3 is 2.19 bits per heavy atom. The van der Waals surface area contributed by atoms with Gasteiger partial charge in [-0.1, -0.05) is 18.2 Å². The zero-order valence-electron chi connectivity index (χ0n) is 12.9. The summed E-state index contributed by atoms with van der Waals surface area (Å²) in [5, 5.41) is 18.9. The second-order valence-electron chi connectivity index (χ2n) is 5.17. The van der Waals surface area contributed by atoms with Gasteiger partial charge in [-0.3, -0.25) is 0 Å². The number of hydrogen-bond donors (Lipinski definition) is 2. The molecule has 1 aromatic rings. The predicted molar refractivity (Wildman–Crippen MR) is 80.5 cm³/mol. The number of ether oxygens (including phenoxy) is 3. The number of para-hydroxylation sites is 1. The molecule has 0 aliphatic heterocycles. The van der Waals surface area contributed by atoms with Crippen molar-refractivity contribution in [3.8, 4) is 5.75 Å². The summed E-state index contributed by atoms with van der Waals surface area (Å²) in [6.07, 6.45) is -1.45. The van der Waals surface area contributed by atoms with Crippen LogP contribution in [0.4, 0.5) is 0 Å². The summed E-state index contributed by atoms with van der Waals surface area (Å²) >= 11 is 0. The molecule has 2 N–H and O–H groups in total. The molecular formula is C16H26O5. The first-order valence-corrected chi connectivity index (χ1v) is 7.26. The molecule has 0 radical (unpaired) electrons. The zero-order chi connectivity index (χ0) is 15.7. The van der Waals surface area contributed by atoms with Gasteiger partial charge >= 0.3 is 0 Å². The van der Waals surface area contributed by atoms with E-state index in [1.807, 2.05) is 37.3 Å². The first kappa shape index (κ1) is 17.9. The highest BCUT2D eigenvalue weighted by Crippen LogP contribution is 2.13. The molecule has 4 atom stereocenters. The fourth-order valence-electron chi connectivity index (χ4n) is 1.59. The van der Waals surface area contributed by atoms with Crippen molar-refractivity contribution in [1.82, 2.24) is 0 Å². The highest BCUT2D eigenvalue weighted by atomic mass is 16.6. The summed E-state index contributed by atoms with van der Waals surface area (Å²) in [7, 11) is 0. The molecule has 0 aliphatic rings. The molecule has 0 amide bonds. The van der Waals surface area contributed by atoms with Gasteiger partial charge in [0.15, 0.2) is 0 Å². The van der Waals surface area contributed by atoms with Crippen LogP contribution < -0.4 is 4.74 Å². The maximum Gasteiger partial charge on any atom is 0.124 e. The topological polar surface area (TPSA) is 68.2 Å². The van der Waals surface area contributed by atoms with Crippen LogP contribution in [-0.4, -0.2) is 54.4 Å². The van der Waals surface area contributed by atoms with Crippen molar-refractivity contribution in [2.75, 3.05) is 19.8 Å². The Balaban J connectivity index is 2.24. The summed E-state index contributed by atoms with van der Waals surface area (Å²) in [6, 6.07) is 9.36. The van der Waals surface area contributed by atoms with E-state index in [1.54, 1.807) is 13.8 Å². The van der Waals surface area contributed by atoms with Crippen LogP contribution >= 0.6 is 0 Å². The van der Waals surface area contributed by atoms with Crippen LogP contribution in [0.2, 0.25) is 0 Å². The minimum Gasteiger partial charge on any atom is -0.488 e. The molecular weight excluding hydrogens is 272 g/mol. The standard InChI is InChI=1S/C16H26O5/c1-12(9-17)19-10-13(2)20-11-16(18)14(3)21-15-7-5-4-6-8-15/h4-8,12-14,16-18H,9-11H2,1-3H3. The number of aliphatic hydroxyl groups is 2. The Bertz CT molecular complexity index is 370. The number of aliphatic hydroxyl groups excluding tert-OH is 2. The summed E-state index contributed by atoms with van der Waals surface area (Å²) in [5.41, 5.74) is 0. The maximum absolute atomic E-state index is 10.0. The molecule has 5 nitrogen and oxygen atoms in total. The predicted octanol–water partition coefficient (Wildman–Crippen LogP) is 1.62. The molecule has 1 aromatic carbocycles. The van der Waals surface area contributed by atoms with Crippen molar-refractivity contribution in [2.24, 2.45) is 0 Å². The van der Waals surface area contributed by atoms with E-state index in [1.165, 1.54) is 0 Å². The van der Waals surface area contributed by atoms with Crippen LogP contribution in [0, 0.1) is 0 Å². The van der Waals surface area contributed by atoms with Crippen LogP contribution in [0.25, 0.3) is 0 Å². The molecule has 0 aromatic heterocycles. The third kappa shape index (κ3) is 7.43. The molecule has 0 heterocycles. The molecule has 1 rings (SSSR count). The molecule has 0 bridgehead atoms. The third-order valence-electron chi connectivity index (χ3n) is 3.03. The first-order valence-electron chi connectivity index (χ1n) is 7.26. The fourth-order valence-corrected chi connectivity index (χ4v) is 1.59. The molecule has 0 aliphatic carbocycles. The van der Waals surface area contributed by atoms with Crippen molar-refractivity contribution in [3.63, 3.8) is 0 Å². The van der Waals surface area contributed by atoms with E-state index in [-0.39, 0.29) is 31.5 Å². The highest BCUT2D eigenvalue weighted by molar-refractivity contribution is 5.21. The summed E-state index contributed by atoms with van der Waals surface area (Å²) < 4.78 is 16.5. The molecule has 0 saturated heterocycles. The average molecular weight is 298 g/mol. The van der Waals surface area contributed by atoms with Crippen LogP contribution in [0.3, 0.4) is 0 Å². The van der Waals surface area contributed by atoms with E-state index in [2.05, 4.69) is 0 Å². The van der Waals surface area contributed by atoms with Gasteiger partial charge in [-0.05, 0) is 32.9 Å². The first-order chi connectivity index (χ1) is 10.0. The van der Waals surface area contributed by atoms with Gasteiger partial charge in [0, 0.05) is 0 Å². The van der Waals surface area contributed by atoms with E-state index in [0.29, 0.717) is 6.61 Å². The molecule has 120 valence electrons. The van der Waals surface area contributed by atoms with Crippen LogP contribution in [-0.2, 0) is 9.47 Å². The molecule has 4 unspecified atom stereocenters. The smallest absolute Gasteiger partial charge is 0.124 e. The van der Waals surface area contributed by atoms with E-state index < -0.39 is 6.10 Å². The lowest BCUT2D eigenvalue weighted by Gasteiger charge is -2.23. The summed E-state index contributed by atoms with van der Waals surface area (Å²) in [4.78, 5) is 0. The normalized spacial score (nSPS) is 17.0. The van der Waals surface area contributed by atoms with Crippen molar-refractivity contribution < 1.29 is 24.4 Å². The summed E-state index contributed by atoms with van der Waals surface area (Å²) in [6.45, 7) is 5.98. The van der Waals surface area contributed by atoms with Gasteiger partial charge in [0.1, 0.15) is 18.0 Å². The number of hydrogen-bond acceptors (Lipinski definition) is 5. The minimum atomic E-state index is -0.720. The van der Waals surface area contributed by atoms with Crippen LogP contribution in [0.5, 0.6) is 5.75 Å². The van der Waals surface area contributed by atoms with Crippen molar-refractivity contribution >= 4 is 0 Å². The lowest BCUT2D eigenvalue weighted by Crippen LogP contribution is -2.35. The highest BCUT2D eigenvalue weighted by Gasteiger charge is 2.17. The number of rotatable bonds is 10. The van der Waals surface area contributed by atoms with Gasteiger partial charge in [-0.25, -0.2) is 0 Å².